The molecule has 1 amide bonds. The zero-order valence-corrected chi connectivity index (χ0v) is 25.6. The highest BCUT2D eigenvalue weighted by atomic mass is 16.3. The van der Waals surface area contributed by atoms with Gasteiger partial charge in [0, 0.05) is 39.1 Å². The average Bonchev–Trinajstić information content (AvgIpc) is 3.32. The predicted molar refractivity (Wildman–Crippen MR) is 161 cm³/mol. The third kappa shape index (κ3) is 5.30. The van der Waals surface area contributed by atoms with Crippen LogP contribution in [0.1, 0.15) is 84.1 Å². The van der Waals surface area contributed by atoms with E-state index in [1.54, 1.807) is 0 Å². The van der Waals surface area contributed by atoms with E-state index in [-0.39, 0.29) is 41.0 Å². The summed E-state index contributed by atoms with van der Waals surface area (Å²) in [7, 11) is 0. The first-order valence-electron chi connectivity index (χ1n) is 16.7. The molecular formula is C35H54N2O4. The number of rotatable bonds is 6. The molecule has 1 aromatic rings. The first kappa shape index (κ1) is 29.6. The lowest BCUT2D eigenvalue weighted by molar-refractivity contribution is -0.207. The fourth-order valence-corrected chi connectivity index (χ4v) is 10.8. The van der Waals surface area contributed by atoms with Crippen molar-refractivity contribution in [3.63, 3.8) is 0 Å². The van der Waals surface area contributed by atoms with Crippen LogP contribution in [0.3, 0.4) is 0 Å². The summed E-state index contributed by atoms with van der Waals surface area (Å²) in [5.41, 5.74) is 1.23. The third-order valence-electron chi connectivity index (χ3n) is 13.3. The second-order valence-electron chi connectivity index (χ2n) is 15.2. The van der Waals surface area contributed by atoms with Crippen LogP contribution in [0.2, 0.25) is 0 Å². The number of piperazine rings is 1. The summed E-state index contributed by atoms with van der Waals surface area (Å²) in [6.07, 6.45) is 6.88. The van der Waals surface area contributed by atoms with E-state index in [9.17, 15) is 20.1 Å². The van der Waals surface area contributed by atoms with Crippen molar-refractivity contribution in [2.45, 2.75) is 103 Å². The smallest absolute Gasteiger partial charge is 0.222 e. The minimum absolute atomic E-state index is 0.104. The summed E-state index contributed by atoms with van der Waals surface area (Å²) in [5.74, 6) is 2.27. The average molecular weight is 567 g/mol. The minimum atomic E-state index is -0.369. The molecule has 0 unspecified atom stereocenters. The molecule has 5 aliphatic rings. The summed E-state index contributed by atoms with van der Waals surface area (Å²) < 4.78 is 0. The van der Waals surface area contributed by atoms with Gasteiger partial charge in [-0.3, -0.25) is 9.69 Å². The van der Waals surface area contributed by atoms with Gasteiger partial charge in [-0.1, -0.05) is 51.1 Å². The highest BCUT2D eigenvalue weighted by Crippen LogP contribution is 2.68. The van der Waals surface area contributed by atoms with Gasteiger partial charge in [-0.15, -0.1) is 0 Å². The van der Waals surface area contributed by atoms with Crippen LogP contribution >= 0.6 is 0 Å². The zero-order chi connectivity index (χ0) is 28.9. The van der Waals surface area contributed by atoms with Crippen molar-refractivity contribution in [1.29, 1.82) is 0 Å². The molecule has 4 aliphatic carbocycles. The monoisotopic (exact) mass is 566 g/mol. The molecule has 6 rings (SSSR count). The lowest BCUT2D eigenvalue weighted by Gasteiger charge is -2.63. The second kappa shape index (κ2) is 11.6. The molecule has 6 heteroatoms. The molecule has 0 bridgehead atoms. The van der Waals surface area contributed by atoms with Gasteiger partial charge in [0.05, 0.1) is 18.3 Å². The van der Waals surface area contributed by atoms with Gasteiger partial charge in [-0.25, -0.2) is 0 Å². The molecule has 4 saturated carbocycles. The van der Waals surface area contributed by atoms with Crippen LogP contribution in [0.5, 0.6) is 0 Å². The molecule has 0 spiro atoms. The number of benzene rings is 1. The van der Waals surface area contributed by atoms with Crippen LogP contribution in [0.25, 0.3) is 0 Å². The van der Waals surface area contributed by atoms with E-state index in [4.69, 9.17) is 0 Å². The van der Waals surface area contributed by atoms with Crippen molar-refractivity contribution in [3.05, 3.63) is 35.9 Å². The molecule has 6 nitrogen and oxygen atoms in total. The summed E-state index contributed by atoms with van der Waals surface area (Å²) in [6.45, 7) is 11.4. The second-order valence-corrected chi connectivity index (χ2v) is 15.2. The quantitative estimate of drug-likeness (QED) is 0.465. The Bertz CT molecular complexity index is 1060. The molecule has 1 aromatic carbocycles. The highest BCUT2D eigenvalue weighted by Gasteiger charge is 2.65. The standard InChI is InChI=1S/C35H54N2O4/c1-23(9-12-32(41)37-17-15-36(16-18-37)22-24-7-5-4-6-8-24)27-10-11-28-33-29(21-31(40)35(27,28)3)34(2)14-13-26(38)19-25(34)20-30(33)39/h4-8,23,25-31,33,38-40H,9-22H2,1-3H3/t23-,25-,26-,27+,28-,29-,30-,31+,33+,34+,35-/m1/s1. The van der Waals surface area contributed by atoms with Crippen LogP contribution < -0.4 is 0 Å². The predicted octanol–water partition coefficient (Wildman–Crippen LogP) is 4.71. The van der Waals surface area contributed by atoms with E-state index >= 15 is 0 Å². The topological polar surface area (TPSA) is 84.2 Å². The Balaban J connectivity index is 1.05. The number of aliphatic hydroxyl groups excluding tert-OH is 3. The number of fused-ring (bicyclic) bond motifs is 5. The van der Waals surface area contributed by atoms with Crippen molar-refractivity contribution < 1.29 is 20.1 Å². The summed E-state index contributed by atoms with van der Waals surface area (Å²) in [5, 5.41) is 33.7. The van der Waals surface area contributed by atoms with E-state index in [2.05, 4.69) is 60.9 Å². The molecule has 0 aromatic heterocycles. The van der Waals surface area contributed by atoms with Gasteiger partial charge in [0.15, 0.2) is 0 Å². The Hall–Kier alpha value is -1.47. The van der Waals surface area contributed by atoms with Gasteiger partial charge in [0.1, 0.15) is 0 Å². The van der Waals surface area contributed by atoms with Crippen LogP contribution in [0.4, 0.5) is 0 Å². The largest absolute Gasteiger partial charge is 0.393 e. The molecule has 11 atom stereocenters. The van der Waals surface area contributed by atoms with Gasteiger partial charge < -0.3 is 20.2 Å². The Morgan fingerprint density at radius 2 is 1.68 bits per heavy atom. The Morgan fingerprint density at radius 1 is 0.951 bits per heavy atom. The Kier molecular flexibility index (Phi) is 8.34. The molecule has 41 heavy (non-hydrogen) atoms. The molecular weight excluding hydrogens is 512 g/mol. The number of hydrogen-bond acceptors (Lipinski definition) is 5. The van der Waals surface area contributed by atoms with Crippen molar-refractivity contribution >= 4 is 5.91 Å². The number of carbonyl (C=O) groups excluding carboxylic acids is 1. The molecule has 0 radical (unpaired) electrons. The fourth-order valence-electron chi connectivity index (χ4n) is 10.8. The van der Waals surface area contributed by atoms with Crippen molar-refractivity contribution in [3.8, 4) is 0 Å². The van der Waals surface area contributed by atoms with Crippen LogP contribution in [-0.4, -0.2) is 75.5 Å². The maximum Gasteiger partial charge on any atom is 0.222 e. The van der Waals surface area contributed by atoms with Gasteiger partial charge >= 0.3 is 0 Å². The maximum absolute atomic E-state index is 13.2. The van der Waals surface area contributed by atoms with E-state index in [0.717, 1.165) is 84.1 Å². The van der Waals surface area contributed by atoms with Gasteiger partial charge in [0.25, 0.3) is 0 Å². The van der Waals surface area contributed by atoms with Gasteiger partial charge in [-0.05, 0) is 103 Å². The molecule has 1 aliphatic heterocycles. The Labute approximate surface area is 247 Å². The lowest BCUT2D eigenvalue weighted by atomic mass is 9.43. The number of aliphatic hydroxyl groups is 3. The summed E-state index contributed by atoms with van der Waals surface area (Å²) in [6, 6.07) is 10.6. The number of nitrogens with zero attached hydrogens (tertiary/aromatic N) is 2. The van der Waals surface area contributed by atoms with E-state index in [0.29, 0.717) is 36.0 Å². The number of carbonyl (C=O) groups is 1. The van der Waals surface area contributed by atoms with Gasteiger partial charge in [-0.2, -0.15) is 0 Å². The van der Waals surface area contributed by atoms with Crippen molar-refractivity contribution in [1.82, 2.24) is 9.80 Å². The summed E-state index contributed by atoms with van der Waals surface area (Å²) >= 11 is 0. The molecule has 228 valence electrons. The molecule has 1 heterocycles. The highest BCUT2D eigenvalue weighted by molar-refractivity contribution is 5.76. The lowest BCUT2D eigenvalue weighted by Crippen LogP contribution is -2.62. The first-order chi connectivity index (χ1) is 19.6. The van der Waals surface area contributed by atoms with E-state index in [1.165, 1.54) is 5.56 Å². The number of hydrogen-bond donors (Lipinski definition) is 3. The molecule has 1 saturated heterocycles. The Morgan fingerprint density at radius 3 is 2.41 bits per heavy atom. The normalized spacial score (nSPS) is 43.6. The van der Waals surface area contributed by atoms with Crippen molar-refractivity contribution in [2.24, 2.45) is 46.3 Å². The molecule has 5 fully saturated rings. The van der Waals surface area contributed by atoms with Crippen LogP contribution in [0, 0.1) is 46.3 Å². The van der Waals surface area contributed by atoms with Crippen LogP contribution in [0.15, 0.2) is 30.3 Å². The van der Waals surface area contributed by atoms with Crippen LogP contribution in [-0.2, 0) is 11.3 Å². The maximum atomic E-state index is 13.2. The van der Waals surface area contributed by atoms with E-state index < -0.39 is 0 Å². The SMILES string of the molecule is C[C@H](CCC(=O)N1CCN(Cc2ccccc2)CC1)[C@@H]1CC[C@@H]2[C@@H]3[C@H](O)C[C@H]4C[C@H](O)CC[C@]4(C)[C@@H]3C[C@H](O)[C@@]21C. The fraction of sp³-hybridized carbons (Fsp3) is 0.800. The number of amides is 1. The van der Waals surface area contributed by atoms with Crippen molar-refractivity contribution in [2.75, 3.05) is 26.2 Å². The summed E-state index contributed by atoms with van der Waals surface area (Å²) in [4.78, 5) is 17.7. The first-order valence-corrected chi connectivity index (χ1v) is 16.7. The molecule has 3 N–H and O–H groups in total. The van der Waals surface area contributed by atoms with E-state index in [1.807, 2.05) is 0 Å². The third-order valence-corrected chi connectivity index (χ3v) is 13.3. The minimum Gasteiger partial charge on any atom is -0.393 e. The zero-order valence-electron chi connectivity index (χ0n) is 25.6. The van der Waals surface area contributed by atoms with Gasteiger partial charge in [0.2, 0.25) is 5.91 Å².